The van der Waals surface area contributed by atoms with Gasteiger partial charge in [-0.25, -0.2) is 22.2 Å². The Morgan fingerprint density at radius 1 is 1.44 bits per heavy atom. The third-order valence-corrected chi connectivity index (χ3v) is 6.97. The Hall–Kier alpha value is -1.94. The lowest BCUT2D eigenvalue weighted by Crippen LogP contribution is -2.36. The van der Waals surface area contributed by atoms with E-state index in [0.29, 0.717) is 31.2 Å². The average molecular weight is 396 g/mol. The average Bonchev–Trinajstić information content (AvgIpc) is 2.95. The minimum atomic E-state index is -3.81. The molecule has 2 aliphatic rings. The normalized spacial score (nSPS) is 22.8. The van der Waals surface area contributed by atoms with Crippen LogP contribution >= 0.6 is 0 Å². The first-order valence-electron chi connectivity index (χ1n) is 8.72. The largest absolute Gasteiger partial charge is 0.552 e. The highest BCUT2D eigenvalue weighted by Gasteiger charge is 2.40. The third kappa shape index (κ3) is 3.73. The molecule has 3 heterocycles. The molecule has 1 saturated carbocycles. The number of sulfone groups is 1. The van der Waals surface area contributed by atoms with Crippen molar-refractivity contribution in [1.29, 1.82) is 0 Å². The van der Waals surface area contributed by atoms with Gasteiger partial charge in [0.15, 0.2) is 9.84 Å². The standard InChI is InChI=1S/C17H19BF2N2O4S/c1-17(19,20)9-27(24,25)8-10-4-11(5-10)13-6-18(23)26-14-7-22-16-12(15(13)14)2-3-21-16/h2-3,6-7,10-11,23H,4-5,8-9H2,1H3,(H,21,22). The van der Waals surface area contributed by atoms with Crippen molar-refractivity contribution in [2.24, 2.45) is 11.8 Å². The van der Waals surface area contributed by atoms with E-state index in [1.165, 1.54) is 0 Å². The molecular formula is C17H19BF2N2O4S. The Labute approximate surface area is 155 Å². The van der Waals surface area contributed by atoms with Gasteiger partial charge in [0.2, 0.25) is 0 Å². The van der Waals surface area contributed by atoms with Crippen LogP contribution in [0.15, 0.2) is 24.4 Å². The molecule has 1 aliphatic heterocycles. The number of alkyl halides is 2. The highest BCUT2D eigenvalue weighted by Crippen LogP contribution is 2.48. The van der Waals surface area contributed by atoms with Crippen molar-refractivity contribution in [2.45, 2.75) is 25.7 Å². The second kappa shape index (κ2) is 6.30. The van der Waals surface area contributed by atoms with E-state index in [0.717, 1.165) is 16.5 Å². The highest BCUT2D eigenvalue weighted by molar-refractivity contribution is 7.91. The second-order valence-corrected chi connectivity index (χ2v) is 9.64. The van der Waals surface area contributed by atoms with Gasteiger partial charge in [-0.15, -0.1) is 0 Å². The predicted molar refractivity (Wildman–Crippen MR) is 98.2 cm³/mol. The van der Waals surface area contributed by atoms with Crippen LogP contribution in [0.25, 0.3) is 16.6 Å². The Balaban J connectivity index is 1.52. The first-order chi connectivity index (χ1) is 12.6. The van der Waals surface area contributed by atoms with Crippen LogP contribution in [0, 0.1) is 11.8 Å². The van der Waals surface area contributed by atoms with E-state index in [-0.39, 0.29) is 17.6 Å². The molecule has 0 bridgehead atoms. The van der Waals surface area contributed by atoms with Gasteiger partial charge in [-0.2, -0.15) is 0 Å². The van der Waals surface area contributed by atoms with Crippen molar-refractivity contribution >= 4 is 33.6 Å². The smallest absolute Gasteiger partial charge is 0.531 e. The summed E-state index contributed by atoms with van der Waals surface area (Å²) in [5, 5.41) is 10.9. The van der Waals surface area contributed by atoms with Gasteiger partial charge < -0.3 is 14.7 Å². The third-order valence-electron chi connectivity index (χ3n) is 5.05. The Morgan fingerprint density at radius 2 is 2.19 bits per heavy atom. The number of pyridine rings is 1. The number of aromatic nitrogens is 2. The highest BCUT2D eigenvalue weighted by atomic mass is 32.2. The summed E-state index contributed by atoms with van der Waals surface area (Å²) in [6.07, 6.45) is 4.46. The van der Waals surface area contributed by atoms with Crippen LogP contribution < -0.4 is 4.65 Å². The number of H-pyrrole nitrogens is 1. The summed E-state index contributed by atoms with van der Waals surface area (Å²) in [5.41, 5.74) is 2.44. The SMILES string of the molecule is CC(F)(F)CS(=O)(=O)CC1CC(C2=CB(O)Oc3cnc4[nH]ccc4c32)C1. The first kappa shape index (κ1) is 18.4. The van der Waals surface area contributed by atoms with E-state index in [1.807, 2.05) is 6.07 Å². The van der Waals surface area contributed by atoms with Crippen LogP contribution in [0.1, 0.15) is 25.3 Å². The number of nitrogens with zero attached hydrogens (tertiary/aromatic N) is 1. The fourth-order valence-electron chi connectivity index (χ4n) is 4.05. The molecule has 2 aromatic heterocycles. The number of allylic oxidation sites excluding steroid dienone is 1. The second-order valence-electron chi connectivity index (χ2n) is 7.53. The minimum absolute atomic E-state index is 0.0464. The summed E-state index contributed by atoms with van der Waals surface area (Å²) < 4.78 is 55.4. The lowest BCUT2D eigenvalue weighted by Gasteiger charge is -2.39. The zero-order valence-electron chi connectivity index (χ0n) is 14.7. The molecule has 0 amide bonds. The summed E-state index contributed by atoms with van der Waals surface area (Å²) in [4.78, 5) is 7.29. The topological polar surface area (TPSA) is 92.3 Å². The van der Waals surface area contributed by atoms with Gasteiger partial charge >= 0.3 is 7.12 Å². The zero-order valence-corrected chi connectivity index (χ0v) is 15.5. The fourth-order valence-corrected chi connectivity index (χ4v) is 5.93. The number of hydrogen-bond acceptors (Lipinski definition) is 5. The minimum Gasteiger partial charge on any atom is -0.531 e. The van der Waals surface area contributed by atoms with Gasteiger partial charge in [0.1, 0.15) is 17.1 Å². The van der Waals surface area contributed by atoms with Crippen molar-refractivity contribution in [1.82, 2.24) is 9.97 Å². The van der Waals surface area contributed by atoms with E-state index in [2.05, 4.69) is 9.97 Å². The summed E-state index contributed by atoms with van der Waals surface area (Å²) >= 11 is 0. The molecule has 0 spiro atoms. The lowest BCUT2D eigenvalue weighted by molar-refractivity contribution is 0.0472. The maximum atomic E-state index is 13.0. The van der Waals surface area contributed by atoms with Crippen LogP contribution in [0.2, 0.25) is 0 Å². The number of halogens is 2. The van der Waals surface area contributed by atoms with E-state index in [9.17, 15) is 22.2 Å². The number of fused-ring (bicyclic) bond motifs is 3. The summed E-state index contributed by atoms with van der Waals surface area (Å²) in [6.45, 7) is 0.620. The Morgan fingerprint density at radius 3 is 2.89 bits per heavy atom. The maximum absolute atomic E-state index is 13.0. The Kier molecular flexibility index (Phi) is 4.30. The van der Waals surface area contributed by atoms with Gasteiger partial charge in [-0.1, -0.05) is 0 Å². The van der Waals surface area contributed by atoms with E-state index in [4.69, 9.17) is 4.65 Å². The quantitative estimate of drug-likeness (QED) is 0.758. The van der Waals surface area contributed by atoms with Crippen molar-refractivity contribution < 1.29 is 26.9 Å². The monoisotopic (exact) mass is 396 g/mol. The number of rotatable bonds is 5. The molecule has 1 fully saturated rings. The van der Waals surface area contributed by atoms with Crippen LogP contribution in [-0.2, 0) is 9.84 Å². The molecule has 0 radical (unpaired) electrons. The summed E-state index contributed by atoms with van der Waals surface area (Å²) in [6, 6.07) is 1.88. The summed E-state index contributed by atoms with van der Waals surface area (Å²) in [7, 11) is -4.90. The van der Waals surface area contributed by atoms with Crippen molar-refractivity contribution in [3.8, 4) is 5.75 Å². The van der Waals surface area contributed by atoms with Crippen LogP contribution in [-0.4, -0.2) is 48.0 Å². The molecule has 4 rings (SSSR count). The van der Waals surface area contributed by atoms with Crippen molar-refractivity contribution in [2.75, 3.05) is 11.5 Å². The fraction of sp³-hybridized carbons (Fsp3) is 0.471. The zero-order chi connectivity index (χ0) is 19.4. The number of hydrogen-bond donors (Lipinski definition) is 2. The van der Waals surface area contributed by atoms with Crippen molar-refractivity contribution in [3.63, 3.8) is 0 Å². The van der Waals surface area contributed by atoms with Gasteiger partial charge in [0.05, 0.1) is 11.9 Å². The van der Waals surface area contributed by atoms with Gasteiger partial charge in [0, 0.05) is 24.1 Å². The maximum Gasteiger partial charge on any atom is 0.552 e. The molecule has 0 aromatic carbocycles. The molecule has 0 saturated heterocycles. The molecule has 144 valence electrons. The molecule has 1 aliphatic carbocycles. The molecule has 10 heteroatoms. The van der Waals surface area contributed by atoms with Crippen molar-refractivity contribution in [3.05, 3.63) is 30.0 Å². The van der Waals surface area contributed by atoms with Gasteiger partial charge in [-0.3, -0.25) is 0 Å². The van der Waals surface area contributed by atoms with E-state index in [1.54, 1.807) is 18.4 Å². The molecule has 0 unspecified atom stereocenters. The van der Waals surface area contributed by atoms with Crippen LogP contribution in [0.5, 0.6) is 5.75 Å². The van der Waals surface area contributed by atoms with Crippen LogP contribution in [0.3, 0.4) is 0 Å². The van der Waals surface area contributed by atoms with Gasteiger partial charge in [-0.05, 0) is 42.3 Å². The summed E-state index contributed by atoms with van der Waals surface area (Å²) in [5.74, 6) is -2.57. The first-order valence-corrected chi connectivity index (χ1v) is 10.5. The molecular weight excluding hydrogens is 377 g/mol. The van der Waals surface area contributed by atoms with Crippen LogP contribution in [0.4, 0.5) is 8.78 Å². The Bertz CT molecular complexity index is 1010. The molecule has 2 aromatic rings. The van der Waals surface area contributed by atoms with E-state index < -0.39 is 28.6 Å². The number of aromatic amines is 1. The molecule has 0 atom stereocenters. The molecule has 6 nitrogen and oxygen atoms in total. The predicted octanol–water partition coefficient (Wildman–Crippen LogP) is 2.45. The van der Waals surface area contributed by atoms with E-state index >= 15 is 0 Å². The molecule has 27 heavy (non-hydrogen) atoms. The number of nitrogens with one attached hydrogen (secondary N) is 1. The lowest BCUT2D eigenvalue weighted by atomic mass is 9.66. The van der Waals surface area contributed by atoms with Gasteiger partial charge in [0.25, 0.3) is 5.92 Å². The molecule has 2 N–H and O–H groups in total.